The minimum atomic E-state index is 0.0813. The predicted molar refractivity (Wildman–Crippen MR) is 232 cm³/mol. The van der Waals surface area contributed by atoms with Gasteiger partial charge < -0.3 is 9.80 Å². The molecule has 5 aliphatic rings. The van der Waals surface area contributed by atoms with Crippen molar-refractivity contribution in [3.63, 3.8) is 0 Å². The first-order valence-corrected chi connectivity index (χ1v) is 19.8. The first kappa shape index (κ1) is 32.6. The van der Waals surface area contributed by atoms with Crippen LogP contribution in [0, 0.1) is 11.8 Å². The molecule has 4 nitrogen and oxygen atoms in total. The number of para-hydroxylation sites is 2. The van der Waals surface area contributed by atoms with Crippen LogP contribution in [0.4, 0.5) is 17.1 Å². The highest BCUT2D eigenvalue weighted by Crippen LogP contribution is 2.56. The highest BCUT2D eigenvalue weighted by molar-refractivity contribution is 5.96. The van der Waals surface area contributed by atoms with E-state index in [1.807, 2.05) is 18.5 Å². The van der Waals surface area contributed by atoms with Gasteiger partial charge in [0.05, 0.1) is 23.5 Å². The van der Waals surface area contributed by atoms with Crippen LogP contribution in [0.2, 0.25) is 0 Å². The van der Waals surface area contributed by atoms with Crippen molar-refractivity contribution in [2.24, 2.45) is 11.8 Å². The van der Waals surface area contributed by atoms with Crippen LogP contribution in [-0.2, 0) is 0 Å². The van der Waals surface area contributed by atoms with Crippen molar-refractivity contribution in [3.8, 4) is 22.3 Å². The quantitative estimate of drug-likeness (QED) is 0.177. The van der Waals surface area contributed by atoms with Crippen LogP contribution in [0.15, 0.2) is 206 Å². The largest absolute Gasteiger partial charge is 0.333 e. The van der Waals surface area contributed by atoms with Gasteiger partial charge in [0.1, 0.15) is 0 Å². The van der Waals surface area contributed by atoms with Gasteiger partial charge in [0.25, 0.3) is 0 Å². The van der Waals surface area contributed by atoms with E-state index in [9.17, 15) is 0 Å². The molecule has 0 N–H and O–H groups in total. The minimum Gasteiger partial charge on any atom is -0.333 e. The lowest BCUT2D eigenvalue weighted by atomic mass is 9.78. The van der Waals surface area contributed by atoms with Crippen molar-refractivity contribution in [1.29, 1.82) is 0 Å². The van der Waals surface area contributed by atoms with Gasteiger partial charge in [0.15, 0.2) is 5.65 Å². The van der Waals surface area contributed by atoms with Crippen molar-refractivity contribution < 1.29 is 0 Å². The smallest absolute Gasteiger partial charge is 0.159 e. The standard InChI is InChI=1S/C52H40N4/c1-3-16-35(17-4-1)39-30-38-31-40(34-54-52(38)53-33-39)37-20-15-21-41(32-37)55-47-27-12-8-23-43(47)50-44-24-9-13-28-48(44)56(51(50)45-25-10-14-29-49(45)55)46-26-11-7-22-42(46)36-18-5-2-6-19-36/h1-18,20-34,36,43-44,47-48H,19H2. The third kappa shape index (κ3) is 5.36. The molecule has 0 radical (unpaired) electrons. The Morgan fingerprint density at radius 3 is 1.91 bits per heavy atom. The Morgan fingerprint density at radius 1 is 0.500 bits per heavy atom. The van der Waals surface area contributed by atoms with E-state index >= 15 is 0 Å². The van der Waals surface area contributed by atoms with Gasteiger partial charge in [0, 0.05) is 63.6 Å². The molecule has 0 spiro atoms. The number of allylic oxidation sites excluding steroid dienone is 8. The fourth-order valence-electron chi connectivity index (χ4n) is 9.65. The van der Waals surface area contributed by atoms with Gasteiger partial charge in [0.2, 0.25) is 0 Å². The summed E-state index contributed by atoms with van der Waals surface area (Å²) < 4.78 is 0. The molecule has 11 rings (SSSR count). The minimum absolute atomic E-state index is 0.0813. The molecule has 5 atom stereocenters. The molecule has 3 aliphatic carbocycles. The summed E-state index contributed by atoms with van der Waals surface area (Å²) in [6, 6.07) is 42.3. The number of fused-ring (bicyclic) bond motifs is 7. The van der Waals surface area contributed by atoms with Gasteiger partial charge >= 0.3 is 0 Å². The second-order valence-electron chi connectivity index (χ2n) is 15.3. The molecular weight excluding hydrogens is 681 g/mol. The van der Waals surface area contributed by atoms with Crippen LogP contribution in [0.3, 0.4) is 0 Å². The van der Waals surface area contributed by atoms with Crippen molar-refractivity contribution >= 4 is 33.8 Å². The van der Waals surface area contributed by atoms with Crippen molar-refractivity contribution in [3.05, 3.63) is 217 Å². The Bertz CT molecular complexity index is 2730. The first-order chi connectivity index (χ1) is 27.8. The van der Waals surface area contributed by atoms with Crippen molar-refractivity contribution in [2.45, 2.75) is 24.4 Å². The Balaban J connectivity index is 1.06. The average molecular weight is 721 g/mol. The Kier molecular flexibility index (Phi) is 7.87. The maximum Gasteiger partial charge on any atom is 0.159 e. The van der Waals surface area contributed by atoms with Crippen LogP contribution in [-0.4, -0.2) is 22.1 Å². The average Bonchev–Trinajstić information content (AvgIpc) is 3.55. The Hall–Kier alpha value is -6.78. The van der Waals surface area contributed by atoms with Gasteiger partial charge in [-0.05, 0) is 65.1 Å². The zero-order valence-electron chi connectivity index (χ0n) is 30.9. The summed E-state index contributed by atoms with van der Waals surface area (Å²) in [6.45, 7) is 0. The topological polar surface area (TPSA) is 32.3 Å². The lowest BCUT2D eigenvalue weighted by Gasteiger charge is -2.39. The number of hydrogen-bond donors (Lipinski definition) is 0. The third-order valence-electron chi connectivity index (χ3n) is 12.1. The van der Waals surface area contributed by atoms with Gasteiger partial charge in [-0.2, -0.15) is 0 Å². The lowest BCUT2D eigenvalue weighted by Crippen LogP contribution is -2.39. The maximum absolute atomic E-state index is 4.83. The normalized spacial score (nSPS) is 22.9. The fraction of sp³-hybridized carbons (Fsp3) is 0.115. The van der Waals surface area contributed by atoms with E-state index in [1.54, 1.807) is 0 Å². The molecule has 4 heterocycles. The summed E-state index contributed by atoms with van der Waals surface area (Å²) in [7, 11) is 0. The van der Waals surface area contributed by atoms with E-state index in [4.69, 9.17) is 9.97 Å². The molecule has 268 valence electrons. The summed E-state index contributed by atoms with van der Waals surface area (Å²) in [5, 5.41) is 1.03. The molecule has 56 heavy (non-hydrogen) atoms. The van der Waals surface area contributed by atoms with E-state index in [0.29, 0.717) is 5.92 Å². The molecule has 0 fully saturated rings. The monoisotopic (exact) mass is 720 g/mol. The fourth-order valence-corrected chi connectivity index (χ4v) is 9.65. The zero-order valence-corrected chi connectivity index (χ0v) is 30.9. The summed E-state index contributed by atoms with van der Waals surface area (Å²) in [4.78, 5) is 14.8. The Labute approximate surface area is 328 Å². The van der Waals surface area contributed by atoms with Gasteiger partial charge in [-0.3, -0.25) is 0 Å². The molecule has 4 aromatic carbocycles. The van der Waals surface area contributed by atoms with Gasteiger partial charge in [-0.15, -0.1) is 0 Å². The van der Waals surface area contributed by atoms with Gasteiger partial charge in [-0.1, -0.05) is 152 Å². The number of anilines is 3. The van der Waals surface area contributed by atoms with E-state index < -0.39 is 0 Å². The van der Waals surface area contributed by atoms with Crippen molar-refractivity contribution in [1.82, 2.24) is 9.97 Å². The number of benzene rings is 4. The van der Waals surface area contributed by atoms with E-state index in [1.165, 1.54) is 33.8 Å². The van der Waals surface area contributed by atoms with Crippen LogP contribution in [0.25, 0.3) is 39.0 Å². The van der Waals surface area contributed by atoms with Crippen LogP contribution < -0.4 is 9.80 Å². The molecule has 2 aliphatic heterocycles. The summed E-state index contributed by atoms with van der Waals surface area (Å²) >= 11 is 0. The second kappa shape index (κ2) is 13.5. The summed E-state index contributed by atoms with van der Waals surface area (Å²) in [5.74, 6) is 0.735. The molecule has 0 saturated carbocycles. The maximum atomic E-state index is 4.83. The second-order valence-corrected chi connectivity index (χ2v) is 15.3. The number of aromatic nitrogens is 2. The van der Waals surface area contributed by atoms with Crippen LogP contribution >= 0.6 is 0 Å². The molecule has 0 bridgehead atoms. The summed E-state index contributed by atoms with van der Waals surface area (Å²) in [6.07, 6.45) is 32.6. The van der Waals surface area contributed by atoms with E-state index in [0.717, 1.165) is 45.4 Å². The van der Waals surface area contributed by atoms with E-state index in [-0.39, 0.29) is 23.9 Å². The number of pyridine rings is 2. The molecule has 6 aromatic rings. The zero-order chi connectivity index (χ0) is 37.0. The molecule has 5 unspecified atom stereocenters. The SMILES string of the molecule is C1=CCC(c2ccccc2N2C3=C(C4C=CC=CC42)C2C=CC=CC2N(c2cccc(-c4cnc5ncc(-c6ccccc6)cc5c4)c2)c2ccccc23)C=C1. The van der Waals surface area contributed by atoms with Crippen LogP contribution in [0.1, 0.15) is 23.5 Å². The molecular formula is C52H40N4. The molecule has 0 saturated heterocycles. The summed E-state index contributed by atoms with van der Waals surface area (Å²) in [5.41, 5.74) is 14.3. The van der Waals surface area contributed by atoms with E-state index in [2.05, 4.69) is 192 Å². The van der Waals surface area contributed by atoms with Gasteiger partial charge in [-0.25, -0.2) is 9.97 Å². The number of nitrogens with zero attached hydrogens (tertiary/aromatic N) is 4. The van der Waals surface area contributed by atoms with Crippen LogP contribution in [0.5, 0.6) is 0 Å². The predicted octanol–water partition coefficient (Wildman–Crippen LogP) is 12.2. The van der Waals surface area contributed by atoms with Crippen molar-refractivity contribution in [2.75, 3.05) is 9.80 Å². The molecule has 4 heteroatoms. The Morgan fingerprint density at radius 2 is 1.14 bits per heavy atom. The lowest BCUT2D eigenvalue weighted by molar-refractivity contribution is 0.563. The highest BCUT2D eigenvalue weighted by Gasteiger charge is 2.48. The molecule has 0 amide bonds. The first-order valence-electron chi connectivity index (χ1n) is 19.8. The number of rotatable bonds is 5. The molecule has 2 aromatic heterocycles. The third-order valence-corrected chi connectivity index (χ3v) is 12.1. The highest BCUT2D eigenvalue weighted by atomic mass is 15.2. The number of hydrogen-bond acceptors (Lipinski definition) is 4.